The fourth-order valence-electron chi connectivity index (χ4n) is 3.31. The Balaban J connectivity index is 2.03. The average Bonchev–Trinajstić information content (AvgIpc) is 3.07. The molecular formula is C22H19O2P. The Morgan fingerprint density at radius 3 is 1.88 bits per heavy atom. The highest BCUT2D eigenvalue weighted by atomic mass is 31.2. The van der Waals surface area contributed by atoms with Crippen LogP contribution < -0.4 is 16.1 Å². The van der Waals surface area contributed by atoms with Crippen molar-refractivity contribution in [3.05, 3.63) is 90.0 Å². The normalized spacial score (nSPS) is 11.8. The number of rotatable bonds is 3. The van der Waals surface area contributed by atoms with Crippen LogP contribution >= 0.6 is 7.14 Å². The smallest absolute Gasteiger partial charge is 0.204 e. The third-order valence-corrected chi connectivity index (χ3v) is 7.42. The summed E-state index contributed by atoms with van der Waals surface area (Å²) in [6.45, 7) is 4.10. The van der Waals surface area contributed by atoms with E-state index < -0.39 is 7.14 Å². The second kappa shape index (κ2) is 6.06. The molecule has 0 atom stereocenters. The van der Waals surface area contributed by atoms with Gasteiger partial charge in [0.25, 0.3) is 0 Å². The largest absolute Gasteiger partial charge is 0.452 e. The minimum absolute atomic E-state index is 0.536. The molecule has 0 amide bonds. The van der Waals surface area contributed by atoms with E-state index in [1.165, 1.54) is 0 Å². The molecule has 124 valence electrons. The summed E-state index contributed by atoms with van der Waals surface area (Å²) >= 11 is 0. The Morgan fingerprint density at radius 1 is 0.760 bits per heavy atom. The zero-order valence-electron chi connectivity index (χ0n) is 14.3. The standard InChI is InChI=1S/C22H19O2P/c1-16-13-17(2)20-15-22(24-21(20)14-16)25(23,18-9-5-3-6-10-18)19-11-7-4-8-12-19/h3-15H,1-2H3. The Kier molecular flexibility index (Phi) is 3.86. The molecule has 0 saturated carbocycles. The Labute approximate surface area is 147 Å². The molecule has 25 heavy (non-hydrogen) atoms. The molecule has 0 unspecified atom stereocenters. The molecule has 0 spiro atoms. The number of hydrogen-bond acceptors (Lipinski definition) is 2. The fraction of sp³-hybridized carbons (Fsp3) is 0.0909. The van der Waals surface area contributed by atoms with Gasteiger partial charge in [0.2, 0.25) is 7.14 Å². The van der Waals surface area contributed by atoms with Gasteiger partial charge in [0.1, 0.15) is 5.58 Å². The van der Waals surface area contributed by atoms with E-state index in [1.54, 1.807) is 0 Å². The van der Waals surface area contributed by atoms with Crippen LogP contribution in [-0.4, -0.2) is 0 Å². The maximum atomic E-state index is 14.3. The SMILES string of the molecule is Cc1cc(C)c2cc(P(=O)(c3ccccc3)c3ccccc3)oc2c1. The molecule has 0 fully saturated rings. The molecule has 3 aromatic carbocycles. The van der Waals surface area contributed by atoms with Crippen LogP contribution in [0.15, 0.2) is 83.3 Å². The van der Waals surface area contributed by atoms with E-state index in [2.05, 4.69) is 13.0 Å². The van der Waals surface area contributed by atoms with E-state index in [-0.39, 0.29) is 0 Å². The zero-order chi connectivity index (χ0) is 17.4. The number of benzene rings is 3. The van der Waals surface area contributed by atoms with Gasteiger partial charge in [-0.15, -0.1) is 0 Å². The summed E-state index contributed by atoms with van der Waals surface area (Å²) in [5.74, 6) is 0. The third-order valence-electron chi connectivity index (χ3n) is 4.53. The van der Waals surface area contributed by atoms with Crippen molar-refractivity contribution in [3.8, 4) is 0 Å². The van der Waals surface area contributed by atoms with Gasteiger partial charge in [-0.1, -0.05) is 66.7 Å². The maximum absolute atomic E-state index is 14.3. The van der Waals surface area contributed by atoms with Crippen LogP contribution in [0.25, 0.3) is 11.0 Å². The van der Waals surface area contributed by atoms with Crippen LogP contribution in [0.2, 0.25) is 0 Å². The number of furan rings is 1. The third kappa shape index (κ3) is 2.63. The summed E-state index contributed by atoms with van der Waals surface area (Å²) in [6.07, 6.45) is 0. The molecule has 4 rings (SSSR count). The molecule has 3 heteroatoms. The van der Waals surface area contributed by atoms with Gasteiger partial charge in [-0.25, -0.2) is 0 Å². The van der Waals surface area contributed by atoms with Crippen molar-refractivity contribution >= 4 is 34.2 Å². The quantitative estimate of drug-likeness (QED) is 0.504. The van der Waals surface area contributed by atoms with Gasteiger partial charge in [0.05, 0.1) is 0 Å². The van der Waals surface area contributed by atoms with Crippen molar-refractivity contribution in [1.29, 1.82) is 0 Å². The van der Waals surface area contributed by atoms with Crippen molar-refractivity contribution in [3.63, 3.8) is 0 Å². The van der Waals surface area contributed by atoms with E-state index in [9.17, 15) is 4.57 Å². The summed E-state index contributed by atoms with van der Waals surface area (Å²) in [6, 6.07) is 25.3. The van der Waals surface area contributed by atoms with Crippen LogP contribution in [0, 0.1) is 13.8 Å². The molecule has 4 aromatic rings. The van der Waals surface area contributed by atoms with Gasteiger partial charge in [-0.2, -0.15) is 0 Å². The van der Waals surface area contributed by atoms with Crippen LogP contribution in [0.3, 0.4) is 0 Å². The topological polar surface area (TPSA) is 30.2 Å². The van der Waals surface area contributed by atoms with E-state index in [1.807, 2.05) is 79.7 Å². The molecule has 0 N–H and O–H groups in total. The first-order chi connectivity index (χ1) is 12.1. The van der Waals surface area contributed by atoms with Crippen molar-refractivity contribution < 1.29 is 8.98 Å². The maximum Gasteiger partial charge on any atom is 0.204 e. The van der Waals surface area contributed by atoms with Crippen molar-refractivity contribution in [2.45, 2.75) is 13.8 Å². The van der Waals surface area contributed by atoms with Crippen molar-refractivity contribution in [2.75, 3.05) is 0 Å². The Morgan fingerprint density at radius 2 is 1.32 bits per heavy atom. The van der Waals surface area contributed by atoms with Gasteiger partial charge in [-0.05, 0) is 37.1 Å². The van der Waals surface area contributed by atoms with E-state index in [4.69, 9.17) is 4.42 Å². The molecule has 0 saturated heterocycles. The molecule has 0 aliphatic heterocycles. The van der Waals surface area contributed by atoms with E-state index in [0.29, 0.717) is 5.50 Å². The van der Waals surface area contributed by atoms with Crippen LogP contribution in [-0.2, 0) is 4.57 Å². The number of aryl methyl sites for hydroxylation is 2. The van der Waals surface area contributed by atoms with Crippen LogP contribution in [0.5, 0.6) is 0 Å². The summed E-state index contributed by atoms with van der Waals surface area (Å²) in [5, 5.41) is 2.59. The molecular weight excluding hydrogens is 327 g/mol. The zero-order valence-corrected chi connectivity index (χ0v) is 15.2. The van der Waals surface area contributed by atoms with Crippen molar-refractivity contribution in [2.24, 2.45) is 0 Å². The molecule has 0 radical (unpaired) electrons. The first-order valence-corrected chi connectivity index (χ1v) is 10.0. The molecule has 1 aromatic heterocycles. The minimum Gasteiger partial charge on any atom is -0.452 e. The summed E-state index contributed by atoms with van der Waals surface area (Å²) in [5.41, 5.74) is 3.60. The molecule has 0 aliphatic rings. The lowest BCUT2D eigenvalue weighted by molar-refractivity contribution is 0.580. The summed E-state index contributed by atoms with van der Waals surface area (Å²) in [7, 11) is -3.05. The second-order valence-electron chi connectivity index (χ2n) is 6.36. The minimum atomic E-state index is -3.05. The van der Waals surface area contributed by atoms with Crippen LogP contribution in [0.1, 0.15) is 11.1 Å². The highest BCUT2D eigenvalue weighted by Crippen LogP contribution is 2.44. The van der Waals surface area contributed by atoms with Crippen molar-refractivity contribution in [1.82, 2.24) is 0 Å². The Bertz CT molecular complexity index is 1040. The second-order valence-corrected chi connectivity index (χ2v) is 9.05. The first kappa shape index (κ1) is 15.9. The summed E-state index contributed by atoms with van der Waals surface area (Å²) < 4.78 is 20.4. The molecule has 0 aliphatic carbocycles. The lowest BCUT2D eigenvalue weighted by Crippen LogP contribution is -2.23. The van der Waals surface area contributed by atoms with Crippen LogP contribution in [0.4, 0.5) is 0 Å². The Hall–Kier alpha value is -2.57. The first-order valence-electron chi connectivity index (χ1n) is 8.32. The van der Waals surface area contributed by atoms with Gasteiger partial charge in [0, 0.05) is 16.0 Å². The number of hydrogen-bond donors (Lipinski definition) is 0. The lowest BCUT2D eigenvalue weighted by Gasteiger charge is -2.16. The van der Waals surface area contributed by atoms with Gasteiger partial charge in [0.15, 0.2) is 5.50 Å². The highest BCUT2D eigenvalue weighted by molar-refractivity contribution is 7.85. The van der Waals surface area contributed by atoms with Gasteiger partial charge in [-0.3, -0.25) is 0 Å². The predicted octanol–water partition coefficient (Wildman–Crippen LogP) is 4.69. The molecule has 0 bridgehead atoms. The molecule has 1 heterocycles. The highest BCUT2D eigenvalue weighted by Gasteiger charge is 2.33. The van der Waals surface area contributed by atoms with E-state index >= 15 is 0 Å². The predicted molar refractivity (Wildman–Crippen MR) is 105 cm³/mol. The molecule has 2 nitrogen and oxygen atoms in total. The summed E-state index contributed by atoms with van der Waals surface area (Å²) in [4.78, 5) is 0. The lowest BCUT2D eigenvalue weighted by atomic mass is 10.1. The number of fused-ring (bicyclic) bond motifs is 1. The monoisotopic (exact) mass is 346 g/mol. The van der Waals surface area contributed by atoms with E-state index in [0.717, 1.165) is 32.7 Å². The van der Waals surface area contributed by atoms with Gasteiger partial charge < -0.3 is 8.98 Å². The fourth-order valence-corrected chi connectivity index (χ4v) is 5.84. The van der Waals surface area contributed by atoms with Gasteiger partial charge >= 0.3 is 0 Å². The average molecular weight is 346 g/mol.